The zero-order valence-electron chi connectivity index (χ0n) is 7.81. The summed E-state index contributed by atoms with van der Waals surface area (Å²) in [5.74, 6) is 0. The summed E-state index contributed by atoms with van der Waals surface area (Å²) in [4.78, 5) is 0. The van der Waals surface area contributed by atoms with Gasteiger partial charge in [-0.05, 0) is 12.1 Å². The van der Waals surface area contributed by atoms with Crippen LogP contribution in [0.3, 0.4) is 0 Å². The topological polar surface area (TPSA) is 44.3 Å². The first-order valence-corrected chi connectivity index (χ1v) is 4.56. The number of nitrogens with one attached hydrogen (secondary N) is 2. The molecule has 0 bridgehead atoms. The van der Waals surface area contributed by atoms with Crippen molar-refractivity contribution in [1.29, 1.82) is 0 Å². The second-order valence-electron chi connectivity index (χ2n) is 3.34. The lowest BCUT2D eigenvalue weighted by Gasteiger charge is -2.16. The normalized spacial score (nSPS) is 25.5. The fourth-order valence-electron chi connectivity index (χ4n) is 1.56. The molecule has 0 amide bonds. The highest BCUT2D eigenvalue weighted by Crippen LogP contribution is 2.10. The molecular weight excluding hydrogens is 200 g/mol. The predicted molar refractivity (Wildman–Crippen MR) is 60.0 cm³/mol. The van der Waals surface area contributed by atoms with Gasteiger partial charge in [-0.25, -0.2) is 0 Å². The Labute approximate surface area is 89.9 Å². The molecule has 0 saturated carbocycles. The minimum atomic E-state index is -0.278. The molecule has 0 aliphatic carbocycles. The van der Waals surface area contributed by atoms with Crippen molar-refractivity contribution < 1.29 is 5.11 Å². The van der Waals surface area contributed by atoms with Crippen LogP contribution in [0.4, 0.5) is 5.69 Å². The highest BCUT2D eigenvalue weighted by Gasteiger charge is 2.24. The summed E-state index contributed by atoms with van der Waals surface area (Å²) in [7, 11) is 0. The summed E-state index contributed by atoms with van der Waals surface area (Å²) < 4.78 is 0. The summed E-state index contributed by atoms with van der Waals surface area (Å²) in [6.45, 7) is 1.51. The van der Waals surface area contributed by atoms with Crippen molar-refractivity contribution in [2.45, 2.75) is 12.1 Å². The van der Waals surface area contributed by atoms with Gasteiger partial charge in [0.25, 0.3) is 0 Å². The number of aliphatic hydroxyl groups excluding tert-OH is 1. The quantitative estimate of drug-likeness (QED) is 0.684. The average Bonchev–Trinajstić information content (AvgIpc) is 2.54. The lowest BCUT2D eigenvalue weighted by Crippen LogP contribution is -2.31. The number of anilines is 1. The van der Waals surface area contributed by atoms with Crippen LogP contribution in [0.2, 0.25) is 0 Å². The van der Waals surface area contributed by atoms with Gasteiger partial charge in [-0.2, -0.15) is 0 Å². The summed E-state index contributed by atoms with van der Waals surface area (Å²) in [5.41, 5.74) is 1.07. The van der Waals surface area contributed by atoms with Crippen LogP contribution in [-0.2, 0) is 0 Å². The van der Waals surface area contributed by atoms with Crippen molar-refractivity contribution >= 4 is 18.1 Å². The van der Waals surface area contributed by atoms with E-state index in [-0.39, 0.29) is 24.6 Å². The number of halogens is 1. The molecule has 3 N–H and O–H groups in total. The molecule has 1 fully saturated rings. The smallest absolute Gasteiger partial charge is 0.0877 e. The predicted octanol–water partition coefficient (Wildman–Crippen LogP) is 0.853. The van der Waals surface area contributed by atoms with Gasteiger partial charge in [0.2, 0.25) is 0 Å². The first kappa shape index (κ1) is 11.3. The molecule has 1 saturated heterocycles. The number of benzene rings is 1. The fourth-order valence-corrected chi connectivity index (χ4v) is 1.56. The van der Waals surface area contributed by atoms with Crippen LogP contribution in [0, 0.1) is 0 Å². The Morgan fingerprint density at radius 3 is 2.50 bits per heavy atom. The van der Waals surface area contributed by atoms with E-state index >= 15 is 0 Å². The Morgan fingerprint density at radius 1 is 1.21 bits per heavy atom. The highest BCUT2D eigenvalue weighted by molar-refractivity contribution is 5.85. The Bertz CT molecular complexity index is 268. The van der Waals surface area contributed by atoms with Crippen LogP contribution < -0.4 is 10.6 Å². The van der Waals surface area contributed by atoms with Crippen molar-refractivity contribution in [3.05, 3.63) is 30.3 Å². The van der Waals surface area contributed by atoms with E-state index in [1.165, 1.54) is 0 Å². The third-order valence-electron chi connectivity index (χ3n) is 2.31. The summed E-state index contributed by atoms with van der Waals surface area (Å²) in [6.07, 6.45) is -0.278. The van der Waals surface area contributed by atoms with Gasteiger partial charge in [0.05, 0.1) is 12.1 Å². The van der Waals surface area contributed by atoms with Crippen LogP contribution in [0.25, 0.3) is 0 Å². The minimum absolute atomic E-state index is 0. The number of aliphatic hydroxyl groups is 1. The molecule has 78 valence electrons. The molecule has 0 radical (unpaired) electrons. The van der Waals surface area contributed by atoms with Gasteiger partial charge >= 0.3 is 0 Å². The minimum Gasteiger partial charge on any atom is -0.390 e. The maximum atomic E-state index is 9.53. The number of hydrogen-bond donors (Lipinski definition) is 3. The average molecular weight is 215 g/mol. The van der Waals surface area contributed by atoms with E-state index in [4.69, 9.17) is 0 Å². The van der Waals surface area contributed by atoms with Gasteiger partial charge in [-0.3, -0.25) is 0 Å². The third-order valence-corrected chi connectivity index (χ3v) is 2.31. The molecule has 0 spiro atoms. The first-order valence-electron chi connectivity index (χ1n) is 4.56. The molecule has 2 unspecified atom stereocenters. The third kappa shape index (κ3) is 2.61. The summed E-state index contributed by atoms with van der Waals surface area (Å²) in [6, 6.07) is 10.1. The van der Waals surface area contributed by atoms with Gasteiger partial charge in [-0.1, -0.05) is 18.2 Å². The second kappa shape index (κ2) is 5.20. The molecule has 1 heterocycles. The van der Waals surface area contributed by atoms with Crippen molar-refractivity contribution in [2.75, 3.05) is 18.4 Å². The molecular formula is C10H15ClN2O. The molecule has 1 aliphatic heterocycles. The zero-order valence-corrected chi connectivity index (χ0v) is 8.63. The van der Waals surface area contributed by atoms with E-state index in [9.17, 15) is 5.11 Å². The Balaban J connectivity index is 0.000000980. The molecule has 2 atom stereocenters. The van der Waals surface area contributed by atoms with Crippen molar-refractivity contribution in [1.82, 2.24) is 5.32 Å². The van der Waals surface area contributed by atoms with Crippen LogP contribution in [0.1, 0.15) is 0 Å². The van der Waals surface area contributed by atoms with Gasteiger partial charge < -0.3 is 15.7 Å². The summed E-state index contributed by atoms with van der Waals surface area (Å²) >= 11 is 0. The van der Waals surface area contributed by atoms with Crippen molar-refractivity contribution in [3.63, 3.8) is 0 Å². The number of β-amino-alcohol motifs (C(OH)–C–C–N with tert-alkyl or cyclic N) is 1. The number of rotatable bonds is 2. The van der Waals surface area contributed by atoms with E-state index < -0.39 is 0 Å². The second-order valence-corrected chi connectivity index (χ2v) is 3.34. The number of hydrogen-bond acceptors (Lipinski definition) is 3. The van der Waals surface area contributed by atoms with E-state index in [0.29, 0.717) is 6.54 Å². The molecule has 1 aromatic rings. The molecule has 14 heavy (non-hydrogen) atoms. The lowest BCUT2D eigenvalue weighted by molar-refractivity contribution is 0.185. The molecule has 2 rings (SSSR count). The Kier molecular flexibility index (Phi) is 4.20. The standard InChI is InChI=1S/C10H14N2O.ClH/c13-10-7-11-6-9(10)12-8-4-2-1-3-5-8;/h1-5,9-13H,6-7H2;1H. The summed E-state index contributed by atoms with van der Waals surface area (Å²) in [5, 5.41) is 15.9. The lowest BCUT2D eigenvalue weighted by atomic mass is 10.2. The largest absolute Gasteiger partial charge is 0.390 e. The van der Waals surface area contributed by atoms with Gasteiger partial charge in [0, 0.05) is 18.8 Å². The maximum absolute atomic E-state index is 9.53. The number of para-hydroxylation sites is 1. The van der Waals surface area contributed by atoms with Crippen LogP contribution in [0.15, 0.2) is 30.3 Å². The van der Waals surface area contributed by atoms with Gasteiger partial charge in [0.1, 0.15) is 0 Å². The molecule has 1 aromatic carbocycles. The fraction of sp³-hybridized carbons (Fsp3) is 0.400. The van der Waals surface area contributed by atoms with Gasteiger partial charge in [-0.15, -0.1) is 12.4 Å². The van der Waals surface area contributed by atoms with E-state index in [1.807, 2.05) is 30.3 Å². The molecule has 1 aliphatic rings. The van der Waals surface area contributed by atoms with Crippen LogP contribution in [-0.4, -0.2) is 30.3 Å². The SMILES string of the molecule is Cl.OC1CNCC1Nc1ccccc1. The molecule has 4 heteroatoms. The van der Waals surface area contributed by atoms with Crippen LogP contribution in [0.5, 0.6) is 0 Å². The van der Waals surface area contributed by atoms with Gasteiger partial charge in [0.15, 0.2) is 0 Å². The monoisotopic (exact) mass is 214 g/mol. The molecule has 3 nitrogen and oxygen atoms in total. The van der Waals surface area contributed by atoms with E-state index in [2.05, 4.69) is 10.6 Å². The van der Waals surface area contributed by atoms with Crippen molar-refractivity contribution in [3.8, 4) is 0 Å². The van der Waals surface area contributed by atoms with Crippen molar-refractivity contribution in [2.24, 2.45) is 0 Å². The molecule has 0 aromatic heterocycles. The van der Waals surface area contributed by atoms with E-state index in [1.54, 1.807) is 0 Å². The zero-order chi connectivity index (χ0) is 9.10. The van der Waals surface area contributed by atoms with Crippen LogP contribution >= 0.6 is 12.4 Å². The maximum Gasteiger partial charge on any atom is 0.0877 e. The first-order chi connectivity index (χ1) is 6.36. The van der Waals surface area contributed by atoms with E-state index in [0.717, 1.165) is 12.2 Å². The Hall–Kier alpha value is -0.770. The Morgan fingerprint density at radius 2 is 1.93 bits per heavy atom. The highest BCUT2D eigenvalue weighted by atomic mass is 35.5.